The quantitative estimate of drug-likeness (QED) is 0.547. The van der Waals surface area contributed by atoms with Gasteiger partial charge in [-0.15, -0.1) is 23.2 Å². The average Bonchev–Trinajstić information content (AvgIpc) is 1.72. The number of alkyl halides is 2. The van der Waals surface area contributed by atoms with Crippen molar-refractivity contribution in [2.24, 2.45) is 5.73 Å². The van der Waals surface area contributed by atoms with Gasteiger partial charge in [-0.2, -0.15) is 0 Å². The lowest BCUT2D eigenvalue weighted by Gasteiger charge is -1.63. The summed E-state index contributed by atoms with van der Waals surface area (Å²) >= 11 is 10.1. The summed E-state index contributed by atoms with van der Waals surface area (Å²) in [5, 5.41) is 0. The van der Waals surface area contributed by atoms with Crippen molar-refractivity contribution in [2.45, 2.75) is 0 Å². The number of hydrogen-bond acceptors (Lipinski definition) is 2. The van der Waals surface area contributed by atoms with E-state index in [0.29, 0.717) is 11.8 Å². The van der Waals surface area contributed by atoms with Gasteiger partial charge in [-0.05, 0) is 7.05 Å². The topological polar surface area (TPSA) is 61.0 Å². The van der Waals surface area contributed by atoms with E-state index in [9.17, 15) is 0 Å². The predicted molar refractivity (Wildman–Crippen MR) is 36.6 cm³/mol. The van der Waals surface area contributed by atoms with E-state index in [1.807, 2.05) is 0 Å². The van der Waals surface area contributed by atoms with E-state index in [1.54, 1.807) is 0 Å². The van der Waals surface area contributed by atoms with Crippen LogP contribution >= 0.6 is 23.2 Å². The second-order valence-corrected chi connectivity index (χ2v) is 1.13. The van der Waals surface area contributed by atoms with Crippen LogP contribution in [0.4, 0.5) is 0 Å². The fraction of sp³-hybridized carbons (Fsp3) is 1.00. The Morgan fingerprint density at radius 3 is 1.29 bits per heavy atom. The molecule has 0 atom stereocenters. The van der Waals surface area contributed by atoms with Crippen LogP contribution in [0, 0.1) is 0 Å². The maximum absolute atomic E-state index is 5.05. The lowest BCUT2D eigenvalue weighted by molar-refractivity contribution is 1.48. The Hall–Kier alpha value is 0.500. The standard InChI is InChI=1S/C2H4Cl2.CH5N.H3N/c3-1-2-4;1-2;/h1-2H2;2H2,1H3;1H3. The van der Waals surface area contributed by atoms with Crippen molar-refractivity contribution in [3.05, 3.63) is 0 Å². The maximum Gasteiger partial charge on any atom is 0.0359 e. The zero-order valence-electron chi connectivity index (χ0n) is 4.45. The molecule has 2 nitrogen and oxygen atoms in total. The Kier molecular flexibility index (Phi) is 70.3. The minimum Gasteiger partial charge on any atom is -0.344 e. The SMILES string of the molecule is CN.ClCCCl.N. The molecule has 0 aromatic rings. The lowest BCUT2D eigenvalue weighted by Crippen LogP contribution is -1.69. The Morgan fingerprint density at radius 1 is 1.14 bits per heavy atom. The molecule has 7 heavy (non-hydrogen) atoms. The highest BCUT2D eigenvalue weighted by Crippen LogP contribution is 1.75. The van der Waals surface area contributed by atoms with E-state index in [4.69, 9.17) is 23.2 Å². The molecule has 0 amide bonds. The fourth-order valence-electron chi connectivity index (χ4n) is 0. The summed E-state index contributed by atoms with van der Waals surface area (Å²) in [5.74, 6) is 1.11. The summed E-state index contributed by atoms with van der Waals surface area (Å²) in [7, 11) is 1.50. The van der Waals surface area contributed by atoms with Crippen LogP contribution in [-0.4, -0.2) is 18.8 Å². The predicted octanol–water partition coefficient (Wildman–Crippen LogP) is 1.20. The highest BCUT2D eigenvalue weighted by molar-refractivity contribution is 6.25. The van der Waals surface area contributed by atoms with Gasteiger partial charge in [-0.3, -0.25) is 0 Å². The third kappa shape index (κ3) is 58.5. The van der Waals surface area contributed by atoms with Crippen molar-refractivity contribution >= 4 is 23.2 Å². The van der Waals surface area contributed by atoms with Crippen molar-refractivity contribution in [3.63, 3.8) is 0 Å². The average molecular weight is 147 g/mol. The zero-order valence-corrected chi connectivity index (χ0v) is 5.97. The van der Waals surface area contributed by atoms with Gasteiger partial charge in [-0.25, -0.2) is 0 Å². The molecule has 0 aliphatic rings. The van der Waals surface area contributed by atoms with E-state index in [1.165, 1.54) is 7.05 Å². The smallest absolute Gasteiger partial charge is 0.0359 e. The van der Waals surface area contributed by atoms with Gasteiger partial charge in [0.15, 0.2) is 0 Å². The van der Waals surface area contributed by atoms with Crippen LogP contribution in [0.2, 0.25) is 0 Å². The molecule has 0 spiro atoms. The van der Waals surface area contributed by atoms with Gasteiger partial charge in [0.25, 0.3) is 0 Å². The number of nitrogens with two attached hydrogens (primary N) is 1. The number of halogens is 2. The molecule has 0 bridgehead atoms. The van der Waals surface area contributed by atoms with Crippen LogP contribution in [0.15, 0.2) is 0 Å². The molecule has 0 aliphatic heterocycles. The first kappa shape index (κ1) is 15.6. The Balaban J connectivity index is -0.0000000480. The molecule has 0 unspecified atom stereocenters. The van der Waals surface area contributed by atoms with Gasteiger partial charge in [0.2, 0.25) is 0 Å². The van der Waals surface area contributed by atoms with Crippen LogP contribution in [0.1, 0.15) is 0 Å². The Morgan fingerprint density at radius 2 is 1.29 bits per heavy atom. The van der Waals surface area contributed by atoms with Crippen LogP contribution in [0.3, 0.4) is 0 Å². The molecule has 0 aromatic carbocycles. The summed E-state index contributed by atoms with van der Waals surface area (Å²) in [4.78, 5) is 0. The second kappa shape index (κ2) is 31.5. The van der Waals surface area contributed by atoms with Crippen molar-refractivity contribution < 1.29 is 0 Å². The van der Waals surface area contributed by atoms with E-state index < -0.39 is 0 Å². The summed E-state index contributed by atoms with van der Waals surface area (Å²) in [6, 6.07) is 0. The summed E-state index contributed by atoms with van der Waals surface area (Å²) in [6.07, 6.45) is 0. The molecule has 0 aliphatic carbocycles. The second-order valence-electron chi connectivity index (χ2n) is 0.378. The molecule has 0 fully saturated rings. The largest absolute Gasteiger partial charge is 0.344 e. The third-order valence-electron chi connectivity index (χ3n) is 0.0714. The number of rotatable bonds is 1. The highest BCUT2D eigenvalue weighted by atomic mass is 35.5. The molecule has 0 aromatic heterocycles. The molecule has 0 rings (SSSR count). The zero-order chi connectivity index (χ0) is 5.41. The molecule has 0 heterocycles. The van der Waals surface area contributed by atoms with Crippen LogP contribution in [0.5, 0.6) is 0 Å². The van der Waals surface area contributed by atoms with Gasteiger partial charge < -0.3 is 11.9 Å². The van der Waals surface area contributed by atoms with Crippen LogP contribution in [0.25, 0.3) is 0 Å². The van der Waals surface area contributed by atoms with E-state index >= 15 is 0 Å². The van der Waals surface area contributed by atoms with Crippen LogP contribution in [-0.2, 0) is 0 Å². The van der Waals surface area contributed by atoms with Crippen molar-refractivity contribution in [1.82, 2.24) is 6.15 Å². The van der Waals surface area contributed by atoms with Gasteiger partial charge in [0, 0.05) is 11.8 Å². The minimum absolute atomic E-state index is 0. The van der Waals surface area contributed by atoms with Gasteiger partial charge >= 0.3 is 0 Å². The Bertz CT molecular complexity index is 12.9. The maximum atomic E-state index is 5.05. The molecule has 0 saturated heterocycles. The lowest BCUT2D eigenvalue weighted by atomic mass is 11.0. The Labute approximate surface area is 54.6 Å². The summed E-state index contributed by atoms with van der Waals surface area (Å²) in [6.45, 7) is 0. The van der Waals surface area contributed by atoms with Crippen molar-refractivity contribution in [3.8, 4) is 0 Å². The molecular weight excluding hydrogens is 135 g/mol. The monoisotopic (exact) mass is 146 g/mol. The van der Waals surface area contributed by atoms with Gasteiger partial charge in [0.05, 0.1) is 0 Å². The van der Waals surface area contributed by atoms with Crippen molar-refractivity contribution in [2.75, 3.05) is 18.8 Å². The van der Waals surface area contributed by atoms with Gasteiger partial charge in [-0.1, -0.05) is 0 Å². The minimum atomic E-state index is 0. The first-order valence-electron chi connectivity index (χ1n) is 1.61. The highest BCUT2D eigenvalue weighted by Gasteiger charge is 1.61. The van der Waals surface area contributed by atoms with Gasteiger partial charge in [0.1, 0.15) is 0 Å². The fourth-order valence-corrected chi connectivity index (χ4v) is 0. The van der Waals surface area contributed by atoms with E-state index in [0.717, 1.165) is 0 Å². The summed E-state index contributed by atoms with van der Waals surface area (Å²) < 4.78 is 0. The molecule has 4 heteroatoms. The molecule has 5 N–H and O–H groups in total. The van der Waals surface area contributed by atoms with Crippen molar-refractivity contribution in [1.29, 1.82) is 0 Å². The first-order valence-corrected chi connectivity index (χ1v) is 2.68. The van der Waals surface area contributed by atoms with E-state index in [-0.39, 0.29) is 6.15 Å². The third-order valence-corrected chi connectivity index (χ3v) is 0.643. The number of hydrogen-bond donors (Lipinski definition) is 2. The molecule has 48 valence electrons. The molecule has 0 radical (unpaired) electrons. The molecular formula is C3H12Cl2N2. The first-order chi connectivity index (χ1) is 2.91. The van der Waals surface area contributed by atoms with Crippen LogP contribution < -0.4 is 11.9 Å². The van der Waals surface area contributed by atoms with E-state index in [2.05, 4.69) is 5.73 Å². The normalized spacial score (nSPS) is 5.14. The molecule has 0 saturated carbocycles. The summed E-state index contributed by atoms with van der Waals surface area (Å²) in [5.41, 5.74) is 4.50.